The first-order valence-electron chi connectivity index (χ1n) is 7.75. The van der Waals surface area contributed by atoms with Crippen molar-refractivity contribution >= 4 is 11.9 Å². The van der Waals surface area contributed by atoms with Gasteiger partial charge in [0.1, 0.15) is 17.2 Å². The number of benzene rings is 2. The smallest absolute Gasteiger partial charge is 0.473 e. The maximum Gasteiger partial charge on any atom is 0.473 e. The summed E-state index contributed by atoms with van der Waals surface area (Å²) in [5, 5.41) is 0. The molecule has 2 aliphatic rings. The quantitative estimate of drug-likeness (QED) is 0.758. The van der Waals surface area contributed by atoms with E-state index < -0.39 is 23.3 Å². The molecule has 2 aliphatic heterocycles. The summed E-state index contributed by atoms with van der Waals surface area (Å²) >= 11 is 0. The number of ketones is 1. The summed E-state index contributed by atoms with van der Waals surface area (Å²) < 4.78 is 57.6. The molecule has 0 spiro atoms. The highest BCUT2D eigenvalue weighted by Gasteiger charge is 2.68. The SMILES string of the molecule is COc1ccc2c(c1)C=C1C(=O)c3cc(C)ccc3OC1(C(F)(F)F)O2. The molecule has 4 rings (SSSR count). The number of hydrogen-bond acceptors (Lipinski definition) is 4. The fourth-order valence-electron chi connectivity index (χ4n) is 3.09. The lowest BCUT2D eigenvalue weighted by atomic mass is 9.87. The van der Waals surface area contributed by atoms with Crippen LogP contribution < -0.4 is 14.2 Å². The minimum Gasteiger partial charge on any atom is -0.497 e. The number of carbonyl (C=O) groups is 1. The van der Waals surface area contributed by atoms with Crippen LogP contribution in [0.4, 0.5) is 13.2 Å². The highest BCUT2D eigenvalue weighted by Crippen LogP contribution is 2.51. The number of fused-ring (bicyclic) bond motifs is 3. The molecule has 26 heavy (non-hydrogen) atoms. The third kappa shape index (κ3) is 2.20. The first-order valence-corrected chi connectivity index (χ1v) is 7.75. The molecule has 2 heterocycles. The first kappa shape index (κ1) is 16.5. The molecule has 0 radical (unpaired) electrons. The molecule has 134 valence electrons. The molecule has 0 aliphatic carbocycles. The number of halogens is 3. The molecule has 1 atom stereocenters. The molecule has 2 aromatic rings. The summed E-state index contributed by atoms with van der Waals surface area (Å²) in [4.78, 5) is 12.9. The molecule has 7 heteroatoms. The zero-order chi connectivity index (χ0) is 18.7. The van der Waals surface area contributed by atoms with Crippen molar-refractivity contribution in [2.45, 2.75) is 18.9 Å². The largest absolute Gasteiger partial charge is 0.497 e. The van der Waals surface area contributed by atoms with E-state index in [2.05, 4.69) is 0 Å². The Hall–Kier alpha value is -2.96. The van der Waals surface area contributed by atoms with E-state index in [1.807, 2.05) is 0 Å². The van der Waals surface area contributed by atoms with Gasteiger partial charge in [-0.15, -0.1) is 0 Å². The first-order chi connectivity index (χ1) is 12.2. The Bertz CT molecular complexity index is 962. The molecule has 0 bridgehead atoms. The van der Waals surface area contributed by atoms with E-state index >= 15 is 0 Å². The van der Waals surface area contributed by atoms with Gasteiger partial charge in [-0.25, -0.2) is 0 Å². The van der Waals surface area contributed by atoms with Gasteiger partial charge in [-0.05, 0) is 43.3 Å². The van der Waals surface area contributed by atoms with Gasteiger partial charge in [-0.1, -0.05) is 11.6 Å². The van der Waals surface area contributed by atoms with Gasteiger partial charge in [-0.2, -0.15) is 13.2 Å². The van der Waals surface area contributed by atoms with Crippen LogP contribution in [0.15, 0.2) is 42.0 Å². The van der Waals surface area contributed by atoms with Gasteiger partial charge in [0, 0.05) is 5.56 Å². The number of Topliss-reactive ketones (excluding diaryl/α,β-unsaturated/α-hetero) is 1. The summed E-state index contributed by atoms with van der Waals surface area (Å²) in [5.41, 5.74) is 0.516. The van der Waals surface area contributed by atoms with E-state index in [0.717, 1.165) is 11.6 Å². The molecule has 0 saturated heterocycles. The normalized spacial score (nSPS) is 20.8. The molecule has 0 amide bonds. The molecule has 0 N–H and O–H groups in total. The van der Waals surface area contributed by atoms with Crippen LogP contribution in [-0.2, 0) is 0 Å². The lowest BCUT2D eigenvalue weighted by Crippen LogP contribution is -2.60. The Kier molecular flexibility index (Phi) is 3.34. The van der Waals surface area contributed by atoms with Gasteiger partial charge in [0.05, 0.1) is 18.2 Å². The van der Waals surface area contributed by atoms with Crippen molar-refractivity contribution in [2.24, 2.45) is 0 Å². The summed E-state index contributed by atoms with van der Waals surface area (Å²) in [6.07, 6.45) is -3.81. The molecular weight excluding hydrogens is 349 g/mol. The van der Waals surface area contributed by atoms with E-state index in [1.54, 1.807) is 13.0 Å². The van der Waals surface area contributed by atoms with Gasteiger partial charge in [0.25, 0.3) is 0 Å². The Morgan fingerprint density at radius 3 is 2.42 bits per heavy atom. The van der Waals surface area contributed by atoms with E-state index in [1.165, 1.54) is 37.4 Å². The Morgan fingerprint density at radius 2 is 1.73 bits per heavy atom. The molecule has 2 aromatic carbocycles. The van der Waals surface area contributed by atoms with Crippen LogP contribution in [0.3, 0.4) is 0 Å². The second kappa shape index (κ2) is 5.27. The number of methoxy groups -OCH3 is 1. The van der Waals surface area contributed by atoms with Crippen molar-refractivity contribution < 1.29 is 32.2 Å². The van der Waals surface area contributed by atoms with Crippen LogP contribution in [0.2, 0.25) is 0 Å². The molecule has 1 unspecified atom stereocenters. The molecule has 0 fully saturated rings. The summed E-state index contributed by atoms with van der Waals surface area (Å²) in [6, 6.07) is 8.75. The lowest BCUT2D eigenvalue weighted by molar-refractivity contribution is -0.303. The fraction of sp³-hybridized carbons (Fsp3) is 0.211. The van der Waals surface area contributed by atoms with E-state index in [9.17, 15) is 18.0 Å². The van der Waals surface area contributed by atoms with Crippen LogP contribution in [0, 0.1) is 6.92 Å². The van der Waals surface area contributed by atoms with Crippen molar-refractivity contribution in [2.75, 3.05) is 7.11 Å². The maximum absolute atomic E-state index is 14.0. The minimum atomic E-state index is -4.96. The Labute approximate surface area is 146 Å². The molecular formula is C19H13F3O4. The number of alkyl halides is 3. The van der Waals surface area contributed by atoms with Crippen LogP contribution >= 0.6 is 0 Å². The van der Waals surface area contributed by atoms with E-state index in [-0.39, 0.29) is 17.1 Å². The van der Waals surface area contributed by atoms with Crippen molar-refractivity contribution in [1.29, 1.82) is 0 Å². The second-order valence-corrected chi connectivity index (χ2v) is 6.11. The highest BCUT2D eigenvalue weighted by molar-refractivity contribution is 6.15. The highest BCUT2D eigenvalue weighted by atomic mass is 19.4. The summed E-state index contributed by atoms with van der Waals surface area (Å²) in [7, 11) is 1.44. The number of aryl methyl sites for hydroxylation is 1. The Morgan fingerprint density at radius 1 is 1.04 bits per heavy atom. The monoisotopic (exact) mass is 362 g/mol. The number of hydrogen-bond donors (Lipinski definition) is 0. The molecule has 0 aromatic heterocycles. The minimum absolute atomic E-state index is 0.0461. The predicted molar refractivity (Wildman–Crippen MR) is 86.5 cm³/mol. The topological polar surface area (TPSA) is 44.8 Å². The van der Waals surface area contributed by atoms with Crippen LogP contribution in [-0.4, -0.2) is 24.9 Å². The average Bonchev–Trinajstić information content (AvgIpc) is 2.60. The van der Waals surface area contributed by atoms with Crippen molar-refractivity contribution in [3.63, 3.8) is 0 Å². The number of rotatable bonds is 1. The van der Waals surface area contributed by atoms with E-state index in [4.69, 9.17) is 14.2 Å². The zero-order valence-electron chi connectivity index (χ0n) is 13.8. The van der Waals surface area contributed by atoms with Gasteiger partial charge < -0.3 is 14.2 Å². The zero-order valence-corrected chi connectivity index (χ0v) is 13.8. The lowest BCUT2D eigenvalue weighted by Gasteiger charge is -2.42. The van der Waals surface area contributed by atoms with Crippen LogP contribution in [0.25, 0.3) is 6.08 Å². The van der Waals surface area contributed by atoms with E-state index in [0.29, 0.717) is 11.3 Å². The average molecular weight is 362 g/mol. The number of carbonyl (C=O) groups excluding carboxylic acids is 1. The van der Waals surface area contributed by atoms with Crippen LogP contribution in [0.5, 0.6) is 17.2 Å². The summed E-state index contributed by atoms with van der Waals surface area (Å²) in [6.45, 7) is 1.74. The third-order valence-electron chi connectivity index (χ3n) is 4.38. The summed E-state index contributed by atoms with van der Waals surface area (Å²) in [5.74, 6) is -3.72. The second-order valence-electron chi connectivity index (χ2n) is 6.11. The van der Waals surface area contributed by atoms with Crippen molar-refractivity contribution in [3.8, 4) is 17.2 Å². The van der Waals surface area contributed by atoms with Gasteiger partial charge >= 0.3 is 12.0 Å². The molecule has 0 saturated carbocycles. The predicted octanol–water partition coefficient (Wildman–Crippen LogP) is 4.31. The third-order valence-corrected chi connectivity index (χ3v) is 4.38. The van der Waals surface area contributed by atoms with Crippen molar-refractivity contribution in [3.05, 3.63) is 58.7 Å². The standard InChI is InChI=1S/C19H13F3O4/c1-10-3-5-16-13(7-10)17(23)14-9-11-8-12(24-2)4-6-15(11)25-18(14,26-16)19(20,21)22/h3-9H,1-2H3. The van der Waals surface area contributed by atoms with Gasteiger partial charge in [0.2, 0.25) is 5.78 Å². The van der Waals surface area contributed by atoms with Crippen molar-refractivity contribution in [1.82, 2.24) is 0 Å². The Balaban J connectivity index is 1.97. The van der Waals surface area contributed by atoms with Gasteiger partial charge in [-0.3, -0.25) is 4.79 Å². The maximum atomic E-state index is 14.0. The molecule has 4 nitrogen and oxygen atoms in total. The fourth-order valence-corrected chi connectivity index (χ4v) is 3.09. The van der Waals surface area contributed by atoms with Crippen LogP contribution in [0.1, 0.15) is 21.5 Å². The number of ether oxygens (including phenoxy) is 3. The van der Waals surface area contributed by atoms with Gasteiger partial charge in [0.15, 0.2) is 0 Å².